The van der Waals surface area contributed by atoms with Crippen molar-refractivity contribution in [2.75, 3.05) is 13.2 Å². The van der Waals surface area contributed by atoms with Crippen LogP contribution in [0.1, 0.15) is 30.7 Å². The van der Waals surface area contributed by atoms with Crippen molar-refractivity contribution in [3.63, 3.8) is 0 Å². The summed E-state index contributed by atoms with van der Waals surface area (Å²) in [6.07, 6.45) is 3.25. The van der Waals surface area contributed by atoms with Gasteiger partial charge in [0.2, 0.25) is 5.91 Å². The summed E-state index contributed by atoms with van der Waals surface area (Å²) in [7, 11) is 0. The highest BCUT2D eigenvalue weighted by molar-refractivity contribution is 5.86. The standard InChI is InChI=1S/C15H18N2O2/c16-11-14(12-5-2-1-3-6-12)15(18)17-9-8-13-7-4-10-19-13/h1-3,5-6,13-14H,4,7-10H2,(H,17,18). The van der Waals surface area contributed by atoms with Gasteiger partial charge in [-0.1, -0.05) is 30.3 Å². The summed E-state index contributed by atoms with van der Waals surface area (Å²) in [6.45, 7) is 1.39. The van der Waals surface area contributed by atoms with Crippen LogP contribution in [0.5, 0.6) is 0 Å². The molecule has 1 aromatic carbocycles. The molecule has 4 nitrogen and oxygen atoms in total. The van der Waals surface area contributed by atoms with Crippen molar-refractivity contribution < 1.29 is 9.53 Å². The van der Waals surface area contributed by atoms with E-state index in [0.29, 0.717) is 6.54 Å². The largest absolute Gasteiger partial charge is 0.378 e. The number of hydrogen-bond donors (Lipinski definition) is 1. The molecule has 1 heterocycles. The van der Waals surface area contributed by atoms with Gasteiger partial charge in [-0.3, -0.25) is 4.79 Å². The van der Waals surface area contributed by atoms with E-state index in [0.717, 1.165) is 31.4 Å². The lowest BCUT2D eigenvalue weighted by molar-refractivity contribution is -0.121. The highest BCUT2D eigenvalue weighted by atomic mass is 16.5. The second kappa shape index (κ2) is 6.91. The third kappa shape index (κ3) is 3.80. The van der Waals surface area contributed by atoms with Crippen LogP contribution >= 0.6 is 0 Å². The molecule has 2 unspecified atom stereocenters. The van der Waals surface area contributed by atoms with Crippen molar-refractivity contribution >= 4 is 5.91 Å². The Morgan fingerprint density at radius 2 is 2.26 bits per heavy atom. The Labute approximate surface area is 113 Å². The van der Waals surface area contributed by atoms with E-state index in [4.69, 9.17) is 10.00 Å². The maximum Gasteiger partial charge on any atom is 0.241 e. The molecule has 19 heavy (non-hydrogen) atoms. The van der Waals surface area contributed by atoms with E-state index in [-0.39, 0.29) is 12.0 Å². The van der Waals surface area contributed by atoms with Crippen molar-refractivity contribution in [1.82, 2.24) is 5.32 Å². The third-order valence-electron chi connectivity index (χ3n) is 3.31. The molecule has 4 heteroatoms. The number of benzene rings is 1. The van der Waals surface area contributed by atoms with Gasteiger partial charge in [0.15, 0.2) is 0 Å². The number of nitrogens with zero attached hydrogens (tertiary/aromatic N) is 1. The quantitative estimate of drug-likeness (QED) is 0.878. The van der Waals surface area contributed by atoms with Crippen molar-refractivity contribution in [1.29, 1.82) is 5.26 Å². The number of carbonyl (C=O) groups is 1. The van der Waals surface area contributed by atoms with E-state index in [2.05, 4.69) is 11.4 Å². The van der Waals surface area contributed by atoms with Gasteiger partial charge in [0, 0.05) is 13.2 Å². The second-order valence-corrected chi connectivity index (χ2v) is 4.69. The minimum Gasteiger partial charge on any atom is -0.378 e. The summed E-state index contributed by atoms with van der Waals surface area (Å²) in [5, 5.41) is 11.9. The smallest absolute Gasteiger partial charge is 0.241 e. The Bertz CT molecular complexity index is 447. The van der Waals surface area contributed by atoms with E-state index >= 15 is 0 Å². The van der Waals surface area contributed by atoms with Crippen LogP contribution in [0, 0.1) is 11.3 Å². The van der Waals surface area contributed by atoms with Gasteiger partial charge in [0.25, 0.3) is 0 Å². The van der Waals surface area contributed by atoms with Crippen LogP contribution in [0.3, 0.4) is 0 Å². The molecule has 0 spiro atoms. The summed E-state index contributed by atoms with van der Waals surface area (Å²) in [5.41, 5.74) is 0.736. The molecule has 0 radical (unpaired) electrons. The molecule has 1 aromatic rings. The van der Waals surface area contributed by atoms with Gasteiger partial charge in [-0.15, -0.1) is 0 Å². The maximum absolute atomic E-state index is 12.0. The first-order valence-corrected chi connectivity index (χ1v) is 6.65. The highest BCUT2D eigenvalue weighted by Crippen LogP contribution is 2.16. The van der Waals surface area contributed by atoms with Crippen molar-refractivity contribution in [3.8, 4) is 6.07 Å². The molecule has 0 bridgehead atoms. The normalized spacial score (nSPS) is 19.6. The van der Waals surface area contributed by atoms with Crippen molar-refractivity contribution in [3.05, 3.63) is 35.9 Å². The Balaban J connectivity index is 1.82. The number of ether oxygens (including phenoxy) is 1. The van der Waals surface area contributed by atoms with E-state index in [1.807, 2.05) is 18.2 Å². The van der Waals surface area contributed by atoms with Gasteiger partial charge < -0.3 is 10.1 Å². The van der Waals surface area contributed by atoms with E-state index in [1.54, 1.807) is 12.1 Å². The SMILES string of the molecule is N#CC(C(=O)NCCC1CCCO1)c1ccccc1. The lowest BCUT2D eigenvalue weighted by Crippen LogP contribution is -2.31. The molecule has 1 N–H and O–H groups in total. The van der Waals surface area contributed by atoms with Crippen LogP contribution in [-0.4, -0.2) is 25.2 Å². The molecule has 1 fully saturated rings. The number of nitrogens with one attached hydrogen (secondary N) is 1. The number of rotatable bonds is 5. The molecule has 0 aromatic heterocycles. The number of amides is 1. The third-order valence-corrected chi connectivity index (χ3v) is 3.31. The molecule has 1 saturated heterocycles. The average molecular weight is 258 g/mol. The van der Waals surface area contributed by atoms with Crippen LogP contribution < -0.4 is 5.32 Å². The summed E-state index contributed by atoms with van der Waals surface area (Å²) in [5.74, 6) is -0.961. The summed E-state index contributed by atoms with van der Waals surface area (Å²) < 4.78 is 5.49. The lowest BCUT2D eigenvalue weighted by Gasteiger charge is -2.12. The van der Waals surface area contributed by atoms with Crippen LogP contribution in [-0.2, 0) is 9.53 Å². The highest BCUT2D eigenvalue weighted by Gasteiger charge is 2.20. The van der Waals surface area contributed by atoms with Gasteiger partial charge >= 0.3 is 0 Å². The average Bonchev–Trinajstić information content (AvgIpc) is 2.94. The zero-order valence-electron chi connectivity index (χ0n) is 10.8. The van der Waals surface area contributed by atoms with Gasteiger partial charge in [-0.25, -0.2) is 0 Å². The zero-order chi connectivity index (χ0) is 13.5. The Morgan fingerprint density at radius 3 is 2.89 bits per heavy atom. The van der Waals surface area contributed by atoms with Gasteiger partial charge in [-0.2, -0.15) is 5.26 Å². The minimum absolute atomic E-state index is 0.230. The van der Waals surface area contributed by atoms with Gasteiger partial charge in [0.05, 0.1) is 12.2 Å². The van der Waals surface area contributed by atoms with Gasteiger partial charge in [-0.05, 0) is 24.8 Å². The number of hydrogen-bond acceptors (Lipinski definition) is 3. The fraction of sp³-hybridized carbons (Fsp3) is 0.467. The maximum atomic E-state index is 12.0. The monoisotopic (exact) mass is 258 g/mol. The van der Waals surface area contributed by atoms with Crippen LogP contribution in [0.15, 0.2) is 30.3 Å². The van der Waals surface area contributed by atoms with Crippen molar-refractivity contribution in [2.24, 2.45) is 0 Å². The zero-order valence-corrected chi connectivity index (χ0v) is 10.8. The molecular weight excluding hydrogens is 240 g/mol. The Hall–Kier alpha value is -1.86. The van der Waals surface area contributed by atoms with Gasteiger partial charge in [0.1, 0.15) is 5.92 Å². The Morgan fingerprint density at radius 1 is 1.47 bits per heavy atom. The predicted molar refractivity (Wildman–Crippen MR) is 71.4 cm³/mol. The summed E-state index contributed by atoms with van der Waals surface area (Å²) in [4.78, 5) is 12.0. The molecule has 0 saturated carbocycles. The fourth-order valence-electron chi connectivity index (χ4n) is 2.26. The fourth-order valence-corrected chi connectivity index (χ4v) is 2.26. The number of nitriles is 1. The first-order valence-electron chi connectivity index (χ1n) is 6.65. The van der Waals surface area contributed by atoms with E-state index in [9.17, 15) is 4.79 Å². The van der Waals surface area contributed by atoms with E-state index < -0.39 is 5.92 Å². The van der Waals surface area contributed by atoms with E-state index in [1.165, 1.54) is 0 Å². The van der Waals surface area contributed by atoms with Crippen molar-refractivity contribution in [2.45, 2.75) is 31.3 Å². The molecule has 1 amide bonds. The molecule has 100 valence electrons. The predicted octanol–water partition coefficient (Wildman–Crippen LogP) is 1.98. The molecule has 2 atom stereocenters. The van der Waals surface area contributed by atoms with Crippen LogP contribution in [0.25, 0.3) is 0 Å². The summed E-state index contributed by atoms with van der Waals surface area (Å²) in [6, 6.07) is 11.2. The lowest BCUT2D eigenvalue weighted by atomic mass is 10.00. The molecule has 0 aliphatic carbocycles. The summed E-state index contributed by atoms with van der Waals surface area (Å²) >= 11 is 0. The minimum atomic E-state index is -0.731. The van der Waals surface area contributed by atoms with Crippen LogP contribution in [0.2, 0.25) is 0 Å². The van der Waals surface area contributed by atoms with Crippen LogP contribution in [0.4, 0.5) is 0 Å². The second-order valence-electron chi connectivity index (χ2n) is 4.69. The Kier molecular flexibility index (Phi) is 4.93. The molecule has 1 aliphatic heterocycles. The molecular formula is C15H18N2O2. The first kappa shape index (κ1) is 13.6. The number of carbonyl (C=O) groups excluding carboxylic acids is 1. The first-order chi connectivity index (χ1) is 9.31. The molecule has 1 aliphatic rings. The topological polar surface area (TPSA) is 62.1 Å². The molecule has 2 rings (SSSR count).